The fourth-order valence-electron chi connectivity index (χ4n) is 3.41. The van der Waals surface area contributed by atoms with Gasteiger partial charge in [-0.1, -0.05) is 58.3 Å². The zero-order valence-corrected chi connectivity index (χ0v) is 14.8. The average molecular weight is 297 g/mol. The van der Waals surface area contributed by atoms with E-state index in [1.807, 2.05) is 0 Å². The van der Waals surface area contributed by atoms with Crippen LogP contribution in [-0.2, 0) is 0 Å². The lowest BCUT2D eigenvalue weighted by Gasteiger charge is -2.33. The van der Waals surface area contributed by atoms with E-state index in [0.29, 0.717) is 0 Å². The number of piperidine rings is 1. The normalized spacial score (nSPS) is 20.0. The Bertz CT molecular complexity index is 218. The zero-order chi connectivity index (χ0) is 15.2. The van der Waals surface area contributed by atoms with E-state index in [2.05, 4.69) is 24.1 Å². The van der Waals surface area contributed by atoms with Crippen LogP contribution < -0.4 is 5.32 Å². The molecule has 0 saturated carbocycles. The Morgan fingerprint density at radius 3 is 2.24 bits per heavy atom. The summed E-state index contributed by atoms with van der Waals surface area (Å²) in [5.41, 5.74) is 0. The summed E-state index contributed by atoms with van der Waals surface area (Å²) in [5, 5.41) is 3.62. The molecule has 1 fully saturated rings. The molecular weight excluding hydrogens is 256 g/mol. The Labute approximate surface area is 134 Å². The Morgan fingerprint density at radius 2 is 1.52 bits per heavy atom. The summed E-state index contributed by atoms with van der Waals surface area (Å²) in [6.07, 6.45) is 17.0. The van der Waals surface area contributed by atoms with Gasteiger partial charge < -0.3 is 10.2 Å². The van der Waals surface area contributed by atoms with Gasteiger partial charge in [-0.3, -0.25) is 0 Å². The molecule has 0 spiro atoms. The van der Waals surface area contributed by atoms with Gasteiger partial charge in [-0.2, -0.15) is 0 Å². The lowest BCUT2D eigenvalue weighted by atomic mass is 10.0. The first-order valence-electron chi connectivity index (χ1n) is 9.79. The summed E-state index contributed by atoms with van der Waals surface area (Å²) in [4.78, 5) is 2.68. The monoisotopic (exact) mass is 296 g/mol. The van der Waals surface area contributed by atoms with Crippen LogP contribution in [0.4, 0.5) is 0 Å². The fraction of sp³-hybridized carbons (Fsp3) is 1.00. The van der Waals surface area contributed by atoms with Crippen molar-refractivity contribution >= 4 is 0 Å². The molecule has 0 radical (unpaired) electrons. The minimum atomic E-state index is 0.825. The van der Waals surface area contributed by atoms with E-state index in [1.54, 1.807) is 0 Å². The van der Waals surface area contributed by atoms with Gasteiger partial charge in [0.25, 0.3) is 0 Å². The number of unbranched alkanes of at least 4 members (excludes halogenated alkanes) is 7. The summed E-state index contributed by atoms with van der Waals surface area (Å²) >= 11 is 0. The maximum atomic E-state index is 3.62. The molecule has 21 heavy (non-hydrogen) atoms. The number of nitrogens with zero attached hydrogens (tertiary/aromatic N) is 1. The molecule has 1 atom stereocenters. The Kier molecular flexibility index (Phi) is 12.3. The summed E-state index contributed by atoms with van der Waals surface area (Å²) in [6.45, 7) is 9.75. The Balaban J connectivity index is 1.76. The van der Waals surface area contributed by atoms with Gasteiger partial charge >= 0.3 is 0 Å². The van der Waals surface area contributed by atoms with Crippen LogP contribution in [0.15, 0.2) is 0 Å². The van der Waals surface area contributed by atoms with Crippen LogP contribution >= 0.6 is 0 Å². The predicted molar refractivity (Wildman–Crippen MR) is 95.0 cm³/mol. The second kappa shape index (κ2) is 13.6. The first-order valence-corrected chi connectivity index (χ1v) is 9.79. The van der Waals surface area contributed by atoms with E-state index in [1.165, 1.54) is 103 Å². The van der Waals surface area contributed by atoms with Crippen LogP contribution in [0.1, 0.15) is 90.9 Å². The molecule has 1 heterocycles. The van der Waals surface area contributed by atoms with Gasteiger partial charge in [0.05, 0.1) is 0 Å². The van der Waals surface area contributed by atoms with Crippen LogP contribution in [0.25, 0.3) is 0 Å². The van der Waals surface area contributed by atoms with Gasteiger partial charge in [0.15, 0.2) is 0 Å². The molecule has 126 valence electrons. The molecule has 0 aromatic heterocycles. The minimum absolute atomic E-state index is 0.825. The molecule has 1 N–H and O–H groups in total. The van der Waals surface area contributed by atoms with Gasteiger partial charge in [-0.05, 0) is 58.8 Å². The second-order valence-electron chi connectivity index (χ2n) is 6.96. The van der Waals surface area contributed by atoms with Crippen molar-refractivity contribution in [3.63, 3.8) is 0 Å². The third-order valence-electron chi connectivity index (χ3n) is 4.95. The molecular formula is C19H40N2. The molecule has 0 aromatic rings. The maximum absolute atomic E-state index is 3.62. The molecule has 0 amide bonds. The Hall–Kier alpha value is -0.0800. The van der Waals surface area contributed by atoms with Crippen molar-refractivity contribution in [1.82, 2.24) is 10.2 Å². The van der Waals surface area contributed by atoms with Crippen LogP contribution in [0.5, 0.6) is 0 Å². The first kappa shape index (κ1) is 19.0. The molecule has 0 aliphatic carbocycles. The van der Waals surface area contributed by atoms with Crippen molar-refractivity contribution in [2.75, 3.05) is 26.2 Å². The SMILES string of the molecule is CCCCCCCCCCNCCCN1CCCCC1C. The van der Waals surface area contributed by atoms with Gasteiger partial charge in [0, 0.05) is 6.04 Å². The third-order valence-corrected chi connectivity index (χ3v) is 4.95. The maximum Gasteiger partial charge on any atom is 0.00669 e. The van der Waals surface area contributed by atoms with Crippen molar-refractivity contribution < 1.29 is 0 Å². The highest BCUT2D eigenvalue weighted by Gasteiger charge is 2.16. The van der Waals surface area contributed by atoms with E-state index < -0.39 is 0 Å². The van der Waals surface area contributed by atoms with Crippen molar-refractivity contribution in [2.24, 2.45) is 0 Å². The van der Waals surface area contributed by atoms with Gasteiger partial charge in [0.1, 0.15) is 0 Å². The van der Waals surface area contributed by atoms with Crippen LogP contribution in [0.2, 0.25) is 0 Å². The Morgan fingerprint density at radius 1 is 0.857 bits per heavy atom. The van der Waals surface area contributed by atoms with Crippen molar-refractivity contribution in [2.45, 2.75) is 96.9 Å². The smallest absolute Gasteiger partial charge is 0.00669 e. The first-order chi connectivity index (χ1) is 10.3. The van der Waals surface area contributed by atoms with E-state index >= 15 is 0 Å². The van der Waals surface area contributed by atoms with Crippen molar-refractivity contribution in [1.29, 1.82) is 0 Å². The third kappa shape index (κ3) is 10.3. The topological polar surface area (TPSA) is 15.3 Å². The van der Waals surface area contributed by atoms with E-state index in [0.717, 1.165) is 6.04 Å². The average Bonchev–Trinajstić information content (AvgIpc) is 2.50. The molecule has 2 heteroatoms. The van der Waals surface area contributed by atoms with Crippen LogP contribution in [0, 0.1) is 0 Å². The number of rotatable bonds is 13. The summed E-state index contributed by atoms with van der Waals surface area (Å²) in [7, 11) is 0. The molecule has 1 aliphatic heterocycles. The highest BCUT2D eigenvalue weighted by atomic mass is 15.2. The van der Waals surface area contributed by atoms with Gasteiger partial charge in [-0.25, -0.2) is 0 Å². The fourth-order valence-corrected chi connectivity index (χ4v) is 3.41. The molecule has 1 aliphatic rings. The summed E-state index contributed by atoms with van der Waals surface area (Å²) < 4.78 is 0. The zero-order valence-electron chi connectivity index (χ0n) is 14.8. The number of likely N-dealkylation sites (tertiary alicyclic amines) is 1. The highest BCUT2D eigenvalue weighted by Crippen LogP contribution is 2.16. The second-order valence-corrected chi connectivity index (χ2v) is 6.96. The quantitative estimate of drug-likeness (QED) is 0.482. The number of nitrogens with one attached hydrogen (secondary N) is 1. The molecule has 1 rings (SSSR count). The number of hydrogen-bond acceptors (Lipinski definition) is 2. The molecule has 1 unspecified atom stereocenters. The highest BCUT2D eigenvalue weighted by molar-refractivity contribution is 4.72. The summed E-state index contributed by atoms with van der Waals surface area (Å²) in [5.74, 6) is 0. The minimum Gasteiger partial charge on any atom is -0.317 e. The van der Waals surface area contributed by atoms with Crippen LogP contribution in [0.3, 0.4) is 0 Å². The van der Waals surface area contributed by atoms with E-state index in [9.17, 15) is 0 Å². The van der Waals surface area contributed by atoms with E-state index in [4.69, 9.17) is 0 Å². The molecule has 1 saturated heterocycles. The lowest BCUT2D eigenvalue weighted by Crippen LogP contribution is -2.38. The molecule has 0 bridgehead atoms. The van der Waals surface area contributed by atoms with Crippen LogP contribution in [-0.4, -0.2) is 37.1 Å². The molecule has 2 nitrogen and oxygen atoms in total. The standard InChI is InChI=1S/C19H40N2/c1-3-4-5-6-7-8-9-11-15-20-16-13-18-21-17-12-10-14-19(21)2/h19-20H,3-18H2,1-2H3. The van der Waals surface area contributed by atoms with Crippen molar-refractivity contribution in [3.05, 3.63) is 0 Å². The lowest BCUT2D eigenvalue weighted by molar-refractivity contribution is 0.159. The number of hydrogen-bond donors (Lipinski definition) is 1. The summed E-state index contributed by atoms with van der Waals surface area (Å²) in [6, 6.07) is 0.825. The predicted octanol–water partition coefficient (Wildman–Crippen LogP) is 4.98. The largest absolute Gasteiger partial charge is 0.317 e. The van der Waals surface area contributed by atoms with Gasteiger partial charge in [-0.15, -0.1) is 0 Å². The van der Waals surface area contributed by atoms with Crippen molar-refractivity contribution in [3.8, 4) is 0 Å². The van der Waals surface area contributed by atoms with E-state index in [-0.39, 0.29) is 0 Å². The molecule has 0 aromatic carbocycles. The van der Waals surface area contributed by atoms with Gasteiger partial charge in [0.2, 0.25) is 0 Å².